The number of halogens is 1. The van der Waals surface area contributed by atoms with Crippen LogP contribution in [0, 0.1) is 19.9 Å². The van der Waals surface area contributed by atoms with Gasteiger partial charge < -0.3 is 5.32 Å². The smallest absolute Gasteiger partial charge is 0.306 e. The number of carbonyl (C=O) groups is 1. The van der Waals surface area contributed by atoms with E-state index in [-0.39, 0.29) is 5.69 Å². The maximum Gasteiger partial charge on any atom is 0.306 e. The maximum atomic E-state index is 13.5. The second kappa shape index (κ2) is 10.0. The van der Waals surface area contributed by atoms with Gasteiger partial charge in [0.05, 0.1) is 10.6 Å². The van der Waals surface area contributed by atoms with E-state index in [2.05, 4.69) is 22.5 Å². The van der Waals surface area contributed by atoms with Gasteiger partial charge in [0.1, 0.15) is 0 Å². The molecular weight excluding hydrogens is 483 g/mol. The van der Waals surface area contributed by atoms with Crippen molar-refractivity contribution in [2.75, 3.05) is 5.32 Å². The highest BCUT2D eigenvalue weighted by molar-refractivity contribution is 8.00. The lowest BCUT2D eigenvalue weighted by Crippen LogP contribution is -2.12. The van der Waals surface area contributed by atoms with E-state index in [1.54, 1.807) is 40.7 Å². The highest BCUT2D eigenvalue weighted by Crippen LogP contribution is 2.27. The SMILES string of the molecule is O=C(Nc1ccc(F)c([N+](=O)[O-])c1)c1ccc(-n2nc(SCc3ccccc3)sc2=S)cc1. The Morgan fingerprint density at radius 2 is 1.88 bits per heavy atom. The molecule has 0 aliphatic heterocycles. The Morgan fingerprint density at radius 3 is 2.58 bits per heavy atom. The maximum absolute atomic E-state index is 13.5. The Bertz CT molecular complexity index is 1370. The third kappa shape index (κ3) is 5.51. The van der Waals surface area contributed by atoms with E-state index < -0.39 is 22.3 Å². The molecule has 0 aliphatic rings. The first kappa shape index (κ1) is 22.8. The third-order valence-corrected chi connectivity index (χ3v) is 6.95. The van der Waals surface area contributed by atoms with E-state index in [1.165, 1.54) is 23.0 Å². The van der Waals surface area contributed by atoms with Gasteiger partial charge in [-0.05, 0) is 54.2 Å². The number of aromatic nitrogens is 2. The van der Waals surface area contributed by atoms with Crippen molar-refractivity contribution in [2.24, 2.45) is 0 Å². The Labute approximate surface area is 201 Å². The number of rotatable bonds is 7. The molecule has 166 valence electrons. The summed E-state index contributed by atoms with van der Waals surface area (Å²) < 4.78 is 16.5. The second-order valence-electron chi connectivity index (χ2n) is 6.74. The number of anilines is 1. The van der Waals surface area contributed by atoms with Crippen LogP contribution >= 0.6 is 35.3 Å². The number of amides is 1. The average molecular weight is 499 g/mol. The van der Waals surface area contributed by atoms with Crippen molar-refractivity contribution in [2.45, 2.75) is 10.1 Å². The predicted octanol–water partition coefficient (Wildman–Crippen LogP) is 6.26. The Morgan fingerprint density at radius 1 is 1.15 bits per heavy atom. The molecule has 0 atom stereocenters. The number of nitro benzene ring substituents is 1. The van der Waals surface area contributed by atoms with Crippen LogP contribution in [0.1, 0.15) is 15.9 Å². The normalized spacial score (nSPS) is 10.7. The molecule has 1 heterocycles. The summed E-state index contributed by atoms with van der Waals surface area (Å²) in [6.07, 6.45) is 0. The molecule has 0 spiro atoms. The Hall–Kier alpha value is -3.41. The zero-order valence-corrected chi connectivity index (χ0v) is 19.3. The number of hydrogen-bond donors (Lipinski definition) is 1. The minimum Gasteiger partial charge on any atom is -0.322 e. The lowest BCUT2D eigenvalue weighted by Gasteiger charge is -2.07. The largest absolute Gasteiger partial charge is 0.322 e. The predicted molar refractivity (Wildman–Crippen MR) is 129 cm³/mol. The molecule has 4 aromatic rings. The van der Waals surface area contributed by atoms with E-state index >= 15 is 0 Å². The van der Waals surface area contributed by atoms with E-state index in [4.69, 9.17) is 12.2 Å². The highest BCUT2D eigenvalue weighted by atomic mass is 32.2. The number of hydrogen-bond acceptors (Lipinski definition) is 7. The van der Waals surface area contributed by atoms with Crippen molar-refractivity contribution < 1.29 is 14.1 Å². The van der Waals surface area contributed by atoms with Crippen LogP contribution in [-0.4, -0.2) is 20.6 Å². The molecular formula is C22H15FN4O3S3. The molecule has 7 nitrogen and oxygen atoms in total. The first-order valence-corrected chi connectivity index (χ1v) is 11.7. The molecule has 0 bridgehead atoms. The summed E-state index contributed by atoms with van der Waals surface area (Å²) in [5.74, 6) is -0.670. The quantitative estimate of drug-likeness (QED) is 0.140. The molecule has 0 saturated carbocycles. The Kier molecular flexibility index (Phi) is 6.92. The number of carbonyl (C=O) groups excluding carboxylic acids is 1. The van der Waals surface area contributed by atoms with Gasteiger partial charge in [0.25, 0.3) is 5.91 Å². The van der Waals surface area contributed by atoms with Crippen molar-refractivity contribution in [1.29, 1.82) is 0 Å². The first-order chi connectivity index (χ1) is 15.9. The monoisotopic (exact) mass is 498 g/mol. The van der Waals surface area contributed by atoms with Gasteiger partial charge >= 0.3 is 5.69 Å². The highest BCUT2D eigenvalue weighted by Gasteiger charge is 2.16. The molecule has 3 aromatic carbocycles. The molecule has 0 radical (unpaired) electrons. The summed E-state index contributed by atoms with van der Waals surface area (Å²) in [5, 5.41) is 18.0. The molecule has 1 aromatic heterocycles. The molecule has 11 heteroatoms. The van der Waals surface area contributed by atoms with Gasteiger partial charge in [0.15, 0.2) is 8.29 Å². The van der Waals surface area contributed by atoms with Crippen molar-refractivity contribution >= 4 is 52.6 Å². The molecule has 0 fully saturated rings. The summed E-state index contributed by atoms with van der Waals surface area (Å²) in [6.45, 7) is 0. The van der Waals surface area contributed by atoms with Crippen molar-refractivity contribution in [3.63, 3.8) is 0 Å². The van der Waals surface area contributed by atoms with Crippen molar-refractivity contribution in [3.8, 4) is 5.69 Å². The fourth-order valence-corrected chi connectivity index (χ4v) is 5.21. The van der Waals surface area contributed by atoms with Crippen LogP contribution in [0.15, 0.2) is 77.1 Å². The summed E-state index contributed by atoms with van der Waals surface area (Å²) in [7, 11) is 0. The minimum absolute atomic E-state index is 0.124. The van der Waals surface area contributed by atoms with Crippen LogP contribution in [0.3, 0.4) is 0 Å². The molecule has 0 unspecified atom stereocenters. The molecule has 4 rings (SSSR count). The van der Waals surface area contributed by atoms with Gasteiger partial charge in [-0.1, -0.05) is 53.4 Å². The van der Waals surface area contributed by atoms with Crippen molar-refractivity contribution in [1.82, 2.24) is 9.78 Å². The molecule has 1 amide bonds. The molecule has 0 aliphatic carbocycles. The minimum atomic E-state index is -0.969. The number of nitrogens with one attached hydrogen (secondary N) is 1. The van der Waals surface area contributed by atoms with Crippen molar-refractivity contribution in [3.05, 3.63) is 104 Å². The van der Waals surface area contributed by atoms with Gasteiger partial charge in [-0.25, -0.2) is 4.68 Å². The topological polar surface area (TPSA) is 90.1 Å². The average Bonchev–Trinajstić information content (AvgIpc) is 3.20. The first-order valence-electron chi connectivity index (χ1n) is 9.53. The summed E-state index contributed by atoms with van der Waals surface area (Å²) >= 11 is 8.45. The molecule has 33 heavy (non-hydrogen) atoms. The number of nitrogens with zero attached hydrogens (tertiary/aromatic N) is 3. The van der Waals surface area contributed by atoms with E-state index in [9.17, 15) is 19.3 Å². The molecule has 1 N–H and O–H groups in total. The van der Waals surface area contributed by atoms with Gasteiger partial charge in [-0.2, -0.15) is 4.39 Å². The lowest BCUT2D eigenvalue weighted by atomic mass is 10.2. The number of benzene rings is 3. The zero-order valence-electron chi connectivity index (χ0n) is 16.8. The van der Waals surface area contributed by atoms with Crippen LogP contribution in [0.5, 0.6) is 0 Å². The van der Waals surface area contributed by atoms with E-state index in [0.717, 1.165) is 22.2 Å². The van der Waals surface area contributed by atoms with Gasteiger partial charge in [-0.3, -0.25) is 14.9 Å². The van der Waals surface area contributed by atoms with Gasteiger partial charge in [0.2, 0.25) is 5.82 Å². The fourth-order valence-electron chi connectivity index (χ4n) is 2.89. The van der Waals surface area contributed by atoms with Crippen LogP contribution in [0.25, 0.3) is 5.69 Å². The van der Waals surface area contributed by atoms with Crippen LogP contribution in [-0.2, 0) is 5.75 Å². The number of nitro groups is 1. The van der Waals surface area contributed by atoms with Crippen LogP contribution in [0.4, 0.5) is 15.8 Å². The van der Waals surface area contributed by atoms with Gasteiger partial charge in [-0.15, -0.1) is 5.10 Å². The van der Waals surface area contributed by atoms with Crippen LogP contribution < -0.4 is 5.32 Å². The third-order valence-electron chi connectivity index (χ3n) is 4.51. The van der Waals surface area contributed by atoms with Gasteiger partial charge in [0, 0.05) is 23.1 Å². The standard InChI is InChI=1S/C22H15FN4O3S3/c23-18-11-8-16(12-19(18)27(29)30)24-20(28)15-6-9-17(10-7-15)26-22(31)33-21(25-26)32-13-14-4-2-1-3-5-14/h1-12H,13H2,(H,24,28). The lowest BCUT2D eigenvalue weighted by molar-refractivity contribution is -0.387. The molecule has 0 saturated heterocycles. The zero-order chi connectivity index (χ0) is 23.4. The van der Waals surface area contributed by atoms with E-state index in [1.807, 2.05) is 18.2 Å². The summed E-state index contributed by atoms with van der Waals surface area (Å²) in [6, 6.07) is 19.9. The van der Waals surface area contributed by atoms with Crippen LogP contribution in [0.2, 0.25) is 0 Å². The van der Waals surface area contributed by atoms with E-state index in [0.29, 0.717) is 15.2 Å². The fraction of sp³-hybridized carbons (Fsp3) is 0.0455. The Balaban J connectivity index is 1.45. The second-order valence-corrected chi connectivity index (χ2v) is 9.59. The number of thioether (sulfide) groups is 1. The summed E-state index contributed by atoms with van der Waals surface area (Å²) in [4.78, 5) is 22.5. The summed E-state index contributed by atoms with van der Waals surface area (Å²) in [5.41, 5.74) is 1.64.